The zero-order chi connectivity index (χ0) is 59.2. The third kappa shape index (κ3) is 65.3. The van der Waals surface area contributed by atoms with Crippen LogP contribution in [-0.2, 0) is 28.6 Å². The summed E-state index contributed by atoms with van der Waals surface area (Å²) in [6.07, 6.45) is 102. The molecule has 0 aromatic heterocycles. The monoisotopic (exact) mass is 1130 g/mol. The number of carbonyl (C=O) groups excluding carboxylic acids is 3. The van der Waals surface area contributed by atoms with Crippen LogP contribution >= 0.6 is 0 Å². The molecule has 0 heterocycles. The summed E-state index contributed by atoms with van der Waals surface area (Å²) in [5, 5.41) is 0. The Hall–Kier alpha value is -5.49. The van der Waals surface area contributed by atoms with Crippen LogP contribution in [0.25, 0.3) is 0 Å². The largest absolute Gasteiger partial charge is 0.462 e. The Balaban J connectivity index is 4.50. The van der Waals surface area contributed by atoms with Gasteiger partial charge < -0.3 is 14.2 Å². The van der Waals surface area contributed by atoms with Crippen molar-refractivity contribution >= 4 is 17.9 Å². The Bertz CT molecular complexity index is 1920. The molecule has 6 nitrogen and oxygen atoms in total. The van der Waals surface area contributed by atoms with Gasteiger partial charge >= 0.3 is 17.9 Å². The fourth-order valence-electron chi connectivity index (χ4n) is 8.27. The second kappa shape index (κ2) is 68.0. The predicted octanol–water partition coefficient (Wildman–Crippen LogP) is 22.8. The molecular formula is C76H118O6. The lowest BCUT2D eigenvalue weighted by molar-refractivity contribution is -0.167. The molecule has 0 spiro atoms. The molecule has 0 saturated heterocycles. The van der Waals surface area contributed by atoms with Crippen molar-refractivity contribution in [1.29, 1.82) is 0 Å². The molecule has 1 atom stereocenters. The number of unbranched alkanes of at least 4 members (excludes halogenated alkanes) is 16. The molecule has 0 aliphatic heterocycles. The maximum absolute atomic E-state index is 12.9. The van der Waals surface area contributed by atoms with E-state index in [1.54, 1.807) is 0 Å². The average Bonchev–Trinajstić information content (AvgIpc) is 3.47. The highest BCUT2D eigenvalue weighted by Crippen LogP contribution is 2.14. The molecule has 0 aromatic rings. The molecule has 0 saturated carbocycles. The Labute approximate surface area is 504 Å². The summed E-state index contributed by atoms with van der Waals surface area (Å²) in [6, 6.07) is 0. The summed E-state index contributed by atoms with van der Waals surface area (Å²) in [4.78, 5) is 38.3. The zero-order valence-electron chi connectivity index (χ0n) is 52.4. The van der Waals surface area contributed by atoms with E-state index in [1.807, 2.05) is 0 Å². The van der Waals surface area contributed by atoms with Gasteiger partial charge in [-0.3, -0.25) is 14.4 Å². The number of allylic oxidation sites excluding steroid dienone is 30. The van der Waals surface area contributed by atoms with Crippen molar-refractivity contribution in [2.45, 2.75) is 264 Å². The SMILES string of the molecule is CC/C=C\C/C=C\C/C=C\C/C=C\C/C=C\C/C=C\C/C=C\CCCC(=O)OC(COC(=O)CCCCCCC/C=C\C/C=C\CCCC)COC(=O)CCCCCCCCCC/C=C\C/C=C\C/C=C\C/C=C\C/C=C\C/C=C\CC. The van der Waals surface area contributed by atoms with Gasteiger partial charge in [-0.25, -0.2) is 0 Å². The Morgan fingerprint density at radius 1 is 0.256 bits per heavy atom. The van der Waals surface area contributed by atoms with Crippen LogP contribution in [0.1, 0.15) is 258 Å². The van der Waals surface area contributed by atoms with Crippen molar-refractivity contribution in [2.75, 3.05) is 13.2 Å². The molecule has 82 heavy (non-hydrogen) atoms. The molecule has 0 aromatic carbocycles. The molecule has 458 valence electrons. The van der Waals surface area contributed by atoms with Crippen molar-refractivity contribution in [2.24, 2.45) is 0 Å². The summed E-state index contributed by atoms with van der Waals surface area (Å²) < 4.78 is 16.9. The van der Waals surface area contributed by atoms with Crippen molar-refractivity contribution < 1.29 is 28.6 Å². The summed E-state index contributed by atoms with van der Waals surface area (Å²) in [5.41, 5.74) is 0. The molecule has 0 aliphatic rings. The van der Waals surface area contributed by atoms with Gasteiger partial charge in [-0.05, 0) is 148 Å². The highest BCUT2D eigenvalue weighted by atomic mass is 16.6. The summed E-state index contributed by atoms with van der Waals surface area (Å²) in [6.45, 7) is 6.30. The van der Waals surface area contributed by atoms with Gasteiger partial charge in [0.25, 0.3) is 0 Å². The number of esters is 3. The lowest BCUT2D eigenvalue weighted by Crippen LogP contribution is -2.30. The van der Waals surface area contributed by atoms with Crippen molar-refractivity contribution in [3.05, 3.63) is 182 Å². The average molecular weight is 1130 g/mol. The molecule has 0 N–H and O–H groups in total. The minimum Gasteiger partial charge on any atom is -0.462 e. The van der Waals surface area contributed by atoms with Gasteiger partial charge in [-0.15, -0.1) is 0 Å². The van der Waals surface area contributed by atoms with E-state index in [0.29, 0.717) is 19.3 Å². The number of hydrogen-bond acceptors (Lipinski definition) is 6. The van der Waals surface area contributed by atoms with Crippen LogP contribution < -0.4 is 0 Å². The van der Waals surface area contributed by atoms with Crippen LogP contribution in [0.4, 0.5) is 0 Å². The van der Waals surface area contributed by atoms with E-state index in [9.17, 15) is 14.4 Å². The summed E-state index contributed by atoms with van der Waals surface area (Å²) in [7, 11) is 0. The van der Waals surface area contributed by atoms with Gasteiger partial charge in [0, 0.05) is 19.3 Å². The first kappa shape index (κ1) is 76.5. The Morgan fingerprint density at radius 2 is 0.488 bits per heavy atom. The number of rotatable bonds is 57. The van der Waals surface area contributed by atoms with Gasteiger partial charge in [0.1, 0.15) is 13.2 Å². The van der Waals surface area contributed by atoms with E-state index in [-0.39, 0.29) is 37.5 Å². The maximum Gasteiger partial charge on any atom is 0.306 e. The van der Waals surface area contributed by atoms with Crippen LogP contribution in [0.15, 0.2) is 182 Å². The molecule has 1 unspecified atom stereocenters. The molecule has 0 aliphatic carbocycles. The topological polar surface area (TPSA) is 78.9 Å². The van der Waals surface area contributed by atoms with Crippen LogP contribution in [0.5, 0.6) is 0 Å². The molecule has 0 bridgehead atoms. The second-order valence-electron chi connectivity index (χ2n) is 20.9. The Kier molecular flexibility index (Phi) is 63.5. The van der Waals surface area contributed by atoms with Crippen molar-refractivity contribution in [3.63, 3.8) is 0 Å². The third-order valence-electron chi connectivity index (χ3n) is 13.1. The van der Waals surface area contributed by atoms with Crippen molar-refractivity contribution in [1.82, 2.24) is 0 Å². The lowest BCUT2D eigenvalue weighted by atomic mass is 10.1. The van der Waals surface area contributed by atoms with Crippen LogP contribution in [0.3, 0.4) is 0 Å². The van der Waals surface area contributed by atoms with E-state index in [2.05, 4.69) is 203 Å². The summed E-state index contributed by atoms with van der Waals surface area (Å²) >= 11 is 0. The standard InChI is InChI=1S/C76H118O6/c1-4-7-10-13-16-19-22-25-28-30-32-34-36-37-38-39-41-42-44-46-48-51-54-57-60-63-66-69-75(78)81-72-73(71-80-74(77)68-65-62-59-56-53-50-27-24-21-18-15-12-9-6-3)82-76(79)70-67-64-61-58-55-52-49-47-45-43-40-35-33-31-29-26-23-20-17-14-11-8-5-2/h7-8,10-11,15-20,24-29,32-35,37-38,41-43,45,49,52,58,61,73H,4-6,9,12-14,21-23,30-31,36,39-40,44,46-48,50-51,53-57,59-60,62-72H2,1-3H3/b10-7-,11-8-,18-15-,19-16-,20-17-,27-24-,28-25-,29-26-,34-32-,35-33-,38-37-,42-41-,45-43-,52-49-,61-58-. The molecular weight excluding hydrogens is 1010 g/mol. The van der Waals surface area contributed by atoms with Gasteiger partial charge in [-0.2, -0.15) is 0 Å². The zero-order valence-corrected chi connectivity index (χ0v) is 52.4. The predicted molar refractivity (Wildman–Crippen MR) is 357 cm³/mol. The van der Waals surface area contributed by atoms with E-state index in [0.717, 1.165) is 161 Å². The fourth-order valence-corrected chi connectivity index (χ4v) is 8.27. The second-order valence-corrected chi connectivity index (χ2v) is 20.9. The molecule has 0 radical (unpaired) electrons. The van der Waals surface area contributed by atoms with E-state index < -0.39 is 6.10 Å². The van der Waals surface area contributed by atoms with Crippen LogP contribution in [-0.4, -0.2) is 37.2 Å². The molecule has 0 rings (SSSR count). The number of hydrogen-bond donors (Lipinski definition) is 0. The maximum atomic E-state index is 12.9. The first-order valence-electron chi connectivity index (χ1n) is 32.8. The van der Waals surface area contributed by atoms with E-state index in [4.69, 9.17) is 14.2 Å². The first-order chi connectivity index (χ1) is 40.5. The minimum atomic E-state index is -0.830. The number of carbonyl (C=O) groups is 3. The quantitative estimate of drug-likeness (QED) is 0.0261. The van der Waals surface area contributed by atoms with Gasteiger partial charge in [0.2, 0.25) is 0 Å². The minimum absolute atomic E-state index is 0.119. The van der Waals surface area contributed by atoms with E-state index >= 15 is 0 Å². The lowest BCUT2D eigenvalue weighted by Gasteiger charge is -2.18. The van der Waals surface area contributed by atoms with E-state index in [1.165, 1.54) is 51.4 Å². The molecule has 0 fully saturated rings. The molecule has 0 amide bonds. The van der Waals surface area contributed by atoms with Gasteiger partial charge in [-0.1, -0.05) is 274 Å². The fraction of sp³-hybridized carbons (Fsp3) is 0.566. The summed E-state index contributed by atoms with van der Waals surface area (Å²) in [5.74, 6) is -1.01. The normalized spacial score (nSPS) is 13.4. The van der Waals surface area contributed by atoms with Gasteiger partial charge in [0.05, 0.1) is 0 Å². The highest BCUT2D eigenvalue weighted by Gasteiger charge is 2.19. The van der Waals surface area contributed by atoms with Crippen molar-refractivity contribution in [3.8, 4) is 0 Å². The highest BCUT2D eigenvalue weighted by molar-refractivity contribution is 5.71. The smallest absolute Gasteiger partial charge is 0.306 e. The van der Waals surface area contributed by atoms with Crippen LogP contribution in [0.2, 0.25) is 0 Å². The number of ether oxygens (including phenoxy) is 3. The first-order valence-corrected chi connectivity index (χ1v) is 32.8. The third-order valence-corrected chi connectivity index (χ3v) is 13.1. The van der Waals surface area contributed by atoms with Crippen LogP contribution in [0, 0.1) is 0 Å². The van der Waals surface area contributed by atoms with Gasteiger partial charge in [0.15, 0.2) is 6.10 Å². The molecule has 6 heteroatoms. The Morgan fingerprint density at radius 3 is 0.780 bits per heavy atom.